The molecule has 0 saturated heterocycles. The van der Waals surface area contributed by atoms with E-state index in [1.54, 1.807) is 12.1 Å². The summed E-state index contributed by atoms with van der Waals surface area (Å²) in [5.41, 5.74) is 1.22. The van der Waals surface area contributed by atoms with Crippen LogP contribution in [-0.2, 0) is 6.18 Å². The minimum atomic E-state index is -4.54. The van der Waals surface area contributed by atoms with E-state index in [-0.39, 0.29) is 5.56 Å². The molecule has 5 nitrogen and oxygen atoms in total. The van der Waals surface area contributed by atoms with E-state index in [0.717, 1.165) is 34.5 Å². The molecule has 0 atom stereocenters. The Labute approximate surface area is 155 Å². The van der Waals surface area contributed by atoms with Gasteiger partial charge in [0, 0.05) is 35.2 Å². The van der Waals surface area contributed by atoms with Crippen LogP contribution in [0.2, 0.25) is 0 Å². The maximum absolute atomic E-state index is 12.5. The summed E-state index contributed by atoms with van der Waals surface area (Å²) in [6, 6.07) is 8.91. The van der Waals surface area contributed by atoms with Crippen LogP contribution < -0.4 is 5.32 Å². The number of nitrogens with one attached hydrogen (secondary N) is 1. The molecule has 0 bridgehead atoms. The SMILES string of the molecule is O=C(Nc1ccc(-c2cn3ccsc3n2)cc1)c1ccc(C(F)(F)F)nc1. The molecule has 0 aliphatic rings. The number of halogens is 3. The fourth-order valence-corrected chi connectivity index (χ4v) is 3.19. The Morgan fingerprint density at radius 1 is 1.11 bits per heavy atom. The Morgan fingerprint density at radius 3 is 2.52 bits per heavy atom. The van der Waals surface area contributed by atoms with Crippen LogP contribution in [0.15, 0.2) is 60.4 Å². The first kappa shape index (κ1) is 17.2. The summed E-state index contributed by atoms with van der Waals surface area (Å²) in [6.07, 6.45) is 0.202. The fourth-order valence-electron chi connectivity index (χ4n) is 2.49. The van der Waals surface area contributed by atoms with Gasteiger partial charge in [0.2, 0.25) is 0 Å². The molecule has 3 heterocycles. The minimum Gasteiger partial charge on any atom is -0.322 e. The predicted octanol–water partition coefficient (Wildman–Crippen LogP) is 4.73. The summed E-state index contributed by atoms with van der Waals surface area (Å²) in [5.74, 6) is -0.536. The first-order valence-corrected chi connectivity index (χ1v) is 8.65. The molecule has 0 saturated carbocycles. The summed E-state index contributed by atoms with van der Waals surface area (Å²) in [5, 5.41) is 4.58. The third kappa shape index (κ3) is 3.54. The lowest BCUT2D eigenvalue weighted by Crippen LogP contribution is -2.14. The van der Waals surface area contributed by atoms with Gasteiger partial charge in [0.05, 0.1) is 11.3 Å². The topological polar surface area (TPSA) is 59.3 Å². The molecule has 0 unspecified atom stereocenters. The van der Waals surface area contributed by atoms with Gasteiger partial charge in [-0.1, -0.05) is 12.1 Å². The summed E-state index contributed by atoms with van der Waals surface area (Å²) < 4.78 is 39.5. The molecule has 1 aromatic carbocycles. The van der Waals surface area contributed by atoms with E-state index in [1.165, 1.54) is 11.3 Å². The Bertz CT molecular complexity index is 1070. The summed E-state index contributed by atoms with van der Waals surface area (Å²) in [6.45, 7) is 0. The van der Waals surface area contributed by atoms with E-state index in [0.29, 0.717) is 5.69 Å². The minimum absolute atomic E-state index is 0.0430. The van der Waals surface area contributed by atoms with Crippen molar-refractivity contribution in [2.24, 2.45) is 0 Å². The highest BCUT2D eigenvalue weighted by Crippen LogP contribution is 2.27. The largest absolute Gasteiger partial charge is 0.433 e. The molecule has 3 aromatic heterocycles. The van der Waals surface area contributed by atoms with Crippen LogP contribution in [-0.4, -0.2) is 20.3 Å². The number of nitrogens with zero attached hydrogens (tertiary/aromatic N) is 3. The number of amides is 1. The molecule has 0 spiro atoms. The van der Waals surface area contributed by atoms with Crippen LogP contribution in [0, 0.1) is 0 Å². The molecule has 0 aliphatic heterocycles. The zero-order valence-corrected chi connectivity index (χ0v) is 14.4. The highest BCUT2D eigenvalue weighted by atomic mass is 32.1. The van der Waals surface area contributed by atoms with Gasteiger partial charge in [-0.05, 0) is 24.3 Å². The maximum atomic E-state index is 12.5. The Morgan fingerprint density at radius 2 is 1.89 bits per heavy atom. The molecular formula is C18H11F3N4OS. The van der Waals surface area contributed by atoms with E-state index in [4.69, 9.17) is 0 Å². The van der Waals surface area contributed by atoms with Gasteiger partial charge < -0.3 is 5.32 Å². The number of pyridine rings is 1. The van der Waals surface area contributed by atoms with Crippen molar-refractivity contribution in [3.05, 3.63) is 71.6 Å². The van der Waals surface area contributed by atoms with Crippen molar-refractivity contribution < 1.29 is 18.0 Å². The standard InChI is InChI=1S/C18H11F3N4OS/c19-18(20,21)15-6-3-12(9-22-15)16(26)23-13-4-1-11(2-5-13)14-10-25-7-8-27-17(25)24-14/h1-10H,(H,23,26). The average Bonchev–Trinajstić information content (AvgIpc) is 3.24. The maximum Gasteiger partial charge on any atom is 0.433 e. The van der Waals surface area contributed by atoms with Gasteiger partial charge in [-0.15, -0.1) is 11.3 Å². The lowest BCUT2D eigenvalue weighted by atomic mass is 10.1. The third-order valence-electron chi connectivity index (χ3n) is 3.85. The van der Waals surface area contributed by atoms with E-state index in [2.05, 4.69) is 15.3 Å². The molecule has 136 valence electrons. The zero-order valence-electron chi connectivity index (χ0n) is 13.6. The number of fused-ring (bicyclic) bond motifs is 1. The number of anilines is 1. The van der Waals surface area contributed by atoms with Gasteiger partial charge >= 0.3 is 6.18 Å². The molecule has 4 rings (SSSR count). The van der Waals surface area contributed by atoms with E-state index >= 15 is 0 Å². The smallest absolute Gasteiger partial charge is 0.322 e. The lowest BCUT2D eigenvalue weighted by Gasteiger charge is -2.08. The number of aromatic nitrogens is 3. The van der Waals surface area contributed by atoms with E-state index < -0.39 is 17.8 Å². The number of carbonyl (C=O) groups is 1. The van der Waals surface area contributed by atoms with Gasteiger partial charge in [-0.2, -0.15) is 13.2 Å². The normalized spacial score (nSPS) is 11.7. The Hall–Kier alpha value is -3.20. The third-order valence-corrected chi connectivity index (χ3v) is 4.62. The van der Waals surface area contributed by atoms with Crippen molar-refractivity contribution in [3.8, 4) is 11.3 Å². The number of thiazole rings is 1. The van der Waals surface area contributed by atoms with Gasteiger partial charge in [0.25, 0.3) is 5.91 Å². The zero-order chi connectivity index (χ0) is 19.0. The summed E-state index contributed by atoms with van der Waals surface area (Å²) in [4.78, 5) is 20.8. The van der Waals surface area contributed by atoms with Crippen molar-refractivity contribution in [3.63, 3.8) is 0 Å². The molecule has 27 heavy (non-hydrogen) atoms. The van der Waals surface area contributed by atoms with E-state index in [9.17, 15) is 18.0 Å². The van der Waals surface area contributed by atoms with Crippen molar-refractivity contribution in [2.45, 2.75) is 6.18 Å². The first-order valence-electron chi connectivity index (χ1n) is 7.77. The molecule has 1 amide bonds. The molecule has 4 aromatic rings. The van der Waals surface area contributed by atoms with Crippen LogP contribution in [0.1, 0.15) is 16.1 Å². The molecule has 0 fully saturated rings. The van der Waals surface area contributed by atoms with Gasteiger partial charge in [0.1, 0.15) is 5.69 Å². The summed E-state index contributed by atoms with van der Waals surface area (Å²) >= 11 is 1.53. The number of hydrogen-bond acceptors (Lipinski definition) is 4. The molecule has 0 radical (unpaired) electrons. The van der Waals surface area contributed by atoms with Crippen LogP contribution in [0.4, 0.5) is 18.9 Å². The highest BCUT2D eigenvalue weighted by Gasteiger charge is 2.32. The second-order valence-corrected chi connectivity index (χ2v) is 6.55. The van der Waals surface area contributed by atoms with Crippen molar-refractivity contribution in [1.29, 1.82) is 0 Å². The van der Waals surface area contributed by atoms with E-state index in [1.807, 2.05) is 34.3 Å². The van der Waals surface area contributed by atoms with Crippen molar-refractivity contribution >= 4 is 27.9 Å². The summed E-state index contributed by atoms with van der Waals surface area (Å²) in [7, 11) is 0. The van der Waals surface area contributed by atoms with Crippen LogP contribution in [0.3, 0.4) is 0 Å². The number of rotatable bonds is 3. The van der Waals surface area contributed by atoms with Gasteiger partial charge in [0.15, 0.2) is 4.96 Å². The van der Waals surface area contributed by atoms with Crippen LogP contribution in [0.5, 0.6) is 0 Å². The van der Waals surface area contributed by atoms with Crippen molar-refractivity contribution in [2.75, 3.05) is 5.32 Å². The number of imidazole rings is 1. The van der Waals surface area contributed by atoms with Crippen molar-refractivity contribution in [1.82, 2.24) is 14.4 Å². The molecular weight excluding hydrogens is 377 g/mol. The van der Waals surface area contributed by atoms with Crippen LogP contribution >= 0.6 is 11.3 Å². The monoisotopic (exact) mass is 388 g/mol. The van der Waals surface area contributed by atoms with Gasteiger partial charge in [-0.3, -0.25) is 14.2 Å². The lowest BCUT2D eigenvalue weighted by molar-refractivity contribution is -0.141. The molecule has 0 aliphatic carbocycles. The van der Waals surface area contributed by atoms with Crippen LogP contribution in [0.25, 0.3) is 16.2 Å². The second kappa shape index (κ2) is 6.51. The first-order chi connectivity index (χ1) is 12.9. The Balaban J connectivity index is 1.47. The number of benzene rings is 1. The number of alkyl halides is 3. The predicted molar refractivity (Wildman–Crippen MR) is 95.7 cm³/mol. The second-order valence-electron chi connectivity index (χ2n) is 5.68. The Kier molecular flexibility index (Phi) is 4.15. The number of hydrogen-bond donors (Lipinski definition) is 1. The number of carbonyl (C=O) groups excluding carboxylic acids is 1. The van der Waals surface area contributed by atoms with Gasteiger partial charge in [-0.25, -0.2) is 4.98 Å². The quantitative estimate of drug-likeness (QED) is 0.552. The molecule has 1 N–H and O–H groups in total. The average molecular weight is 388 g/mol. The fraction of sp³-hybridized carbons (Fsp3) is 0.0556. The highest BCUT2D eigenvalue weighted by molar-refractivity contribution is 7.15. The molecule has 9 heteroatoms.